The van der Waals surface area contributed by atoms with Crippen molar-refractivity contribution in [3.8, 4) is 5.75 Å². The number of hydrogen-bond acceptors (Lipinski definition) is 8. The van der Waals surface area contributed by atoms with Crippen molar-refractivity contribution >= 4 is 40.5 Å². The van der Waals surface area contributed by atoms with Gasteiger partial charge in [0.1, 0.15) is 30.3 Å². The number of carbonyl (C=O) groups is 2. The van der Waals surface area contributed by atoms with E-state index in [1.54, 1.807) is 13.4 Å². The molecule has 1 saturated heterocycles. The van der Waals surface area contributed by atoms with E-state index in [2.05, 4.69) is 25.3 Å². The fourth-order valence-electron chi connectivity index (χ4n) is 4.12. The number of morpholine rings is 1. The van der Waals surface area contributed by atoms with E-state index in [9.17, 15) is 18.0 Å². The van der Waals surface area contributed by atoms with Crippen LogP contribution in [0.25, 0.3) is 11.2 Å². The van der Waals surface area contributed by atoms with Crippen LogP contribution >= 0.6 is 11.6 Å². The van der Waals surface area contributed by atoms with Gasteiger partial charge in [-0.05, 0) is 39.3 Å². The average molecular weight is 573 g/mol. The first kappa shape index (κ1) is 29.9. The number of aromatic amines is 1. The van der Waals surface area contributed by atoms with Crippen LogP contribution in [0.2, 0.25) is 5.02 Å². The number of nitrogens with zero attached hydrogens (tertiary/aromatic N) is 4. The summed E-state index contributed by atoms with van der Waals surface area (Å²) in [6, 6.07) is 1.78. The lowest BCUT2D eigenvalue weighted by atomic mass is 9.94. The number of nitrogens with one attached hydrogen (secondary N) is 2. The highest BCUT2D eigenvalue weighted by molar-refractivity contribution is 6.31. The van der Waals surface area contributed by atoms with E-state index in [0.717, 1.165) is 22.2 Å². The Bertz CT molecular complexity index is 1350. The van der Waals surface area contributed by atoms with Gasteiger partial charge in [-0.2, -0.15) is 13.2 Å². The zero-order valence-electron chi connectivity index (χ0n) is 21.8. The van der Waals surface area contributed by atoms with Crippen molar-refractivity contribution in [2.24, 2.45) is 0 Å². The zero-order valence-corrected chi connectivity index (χ0v) is 22.5. The number of H-pyrrole nitrogens is 1. The van der Waals surface area contributed by atoms with Crippen molar-refractivity contribution in [2.75, 3.05) is 25.6 Å². The SMILES string of the molecule is COc1c(C(C)Nc2ncnc3nc[nH]c23)cc(Cl)c(C)c1C1CN(C(C)C)C(=O)CO1.O=C(O)C(F)(F)F. The summed E-state index contributed by atoms with van der Waals surface area (Å²) in [4.78, 5) is 38.8. The van der Waals surface area contributed by atoms with Crippen LogP contribution in [-0.2, 0) is 14.3 Å². The maximum atomic E-state index is 12.3. The molecule has 15 heteroatoms. The fourth-order valence-corrected chi connectivity index (χ4v) is 4.34. The monoisotopic (exact) mass is 572 g/mol. The molecule has 0 aliphatic carbocycles. The van der Waals surface area contributed by atoms with Gasteiger partial charge in [0, 0.05) is 22.2 Å². The molecule has 0 saturated carbocycles. The molecule has 0 bridgehead atoms. The quantitative estimate of drug-likeness (QED) is 0.390. The van der Waals surface area contributed by atoms with Crippen LogP contribution in [0.3, 0.4) is 0 Å². The molecular formula is C24H28ClF3N6O5. The molecule has 212 valence electrons. The number of benzene rings is 1. The van der Waals surface area contributed by atoms with Gasteiger partial charge in [0.25, 0.3) is 0 Å². The highest BCUT2D eigenvalue weighted by Crippen LogP contribution is 2.42. The first-order valence-corrected chi connectivity index (χ1v) is 12.1. The zero-order chi connectivity index (χ0) is 29.1. The van der Waals surface area contributed by atoms with Gasteiger partial charge in [0.15, 0.2) is 11.5 Å². The number of anilines is 1. The smallest absolute Gasteiger partial charge is 0.490 e. The van der Waals surface area contributed by atoms with Gasteiger partial charge >= 0.3 is 12.1 Å². The van der Waals surface area contributed by atoms with Gasteiger partial charge in [-0.3, -0.25) is 4.79 Å². The lowest BCUT2D eigenvalue weighted by molar-refractivity contribution is -0.192. The van der Waals surface area contributed by atoms with Crippen LogP contribution in [0.4, 0.5) is 19.0 Å². The number of imidazole rings is 1. The van der Waals surface area contributed by atoms with Gasteiger partial charge in [-0.25, -0.2) is 19.7 Å². The first-order valence-electron chi connectivity index (χ1n) is 11.7. The second kappa shape index (κ2) is 12.0. The van der Waals surface area contributed by atoms with Crippen LogP contribution in [0.5, 0.6) is 5.75 Å². The van der Waals surface area contributed by atoms with Crippen LogP contribution in [0, 0.1) is 6.92 Å². The molecule has 3 N–H and O–H groups in total. The molecule has 1 aliphatic heterocycles. The Morgan fingerprint density at radius 3 is 2.56 bits per heavy atom. The van der Waals surface area contributed by atoms with Gasteiger partial charge in [-0.15, -0.1) is 0 Å². The molecule has 1 fully saturated rings. The lowest BCUT2D eigenvalue weighted by Crippen LogP contribution is -2.46. The van der Waals surface area contributed by atoms with E-state index in [1.807, 2.05) is 38.7 Å². The predicted octanol–water partition coefficient (Wildman–Crippen LogP) is 4.44. The highest BCUT2D eigenvalue weighted by atomic mass is 35.5. The number of carboxylic acid groups (broad SMARTS) is 1. The largest absolute Gasteiger partial charge is 0.496 e. The van der Waals surface area contributed by atoms with E-state index in [0.29, 0.717) is 28.8 Å². The fraction of sp³-hybridized carbons (Fsp3) is 0.458. The predicted molar refractivity (Wildman–Crippen MR) is 136 cm³/mol. The molecule has 4 rings (SSSR count). The Balaban J connectivity index is 0.000000532. The van der Waals surface area contributed by atoms with Crippen molar-refractivity contribution in [2.45, 2.75) is 52.1 Å². The van der Waals surface area contributed by atoms with Crippen LogP contribution in [-0.4, -0.2) is 74.3 Å². The van der Waals surface area contributed by atoms with Crippen molar-refractivity contribution in [3.63, 3.8) is 0 Å². The molecule has 39 heavy (non-hydrogen) atoms. The first-order chi connectivity index (χ1) is 18.3. The number of aromatic nitrogens is 4. The number of carboxylic acids is 1. The Morgan fingerprint density at radius 1 is 1.31 bits per heavy atom. The molecule has 1 amide bonds. The number of halogens is 4. The van der Waals surface area contributed by atoms with Gasteiger partial charge in [0.2, 0.25) is 5.91 Å². The van der Waals surface area contributed by atoms with Crippen molar-refractivity contribution < 1.29 is 37.3 Å². The number of alkyl halides is 3. The average Bonchev–Trinajstić information content (AvgIpc) is 3.35. The standard InChI is InChI=1S/C22H27ClN6O3.C2HF3O2/c1-11(2)29-7-16(32-8-17(29)30)18-12(3)15(23)6-14(20(18)31-5)13(4)28-22-19-21(25-9-24-19)26-10-27-22;3-2(4,5)1(6)7/h6,9-11,13,16H,7-8H2,1-5H3,(H2,24,25,26,27,28);(H,6,7). The second-order valence-electron chi connectivity index (χ2n) is 8.95. The van der Waals surface area contributed by atoms with Crippen LogP contribution in [0.1, 0.15) is 49.6 Å². The van der Waals surface area contributed by atoms with Crippen LogP contribution < -0.4 is 10.1 Å². The number of fused-ring (bicyclic) bond motifs is 1. The number of methoxy groups -OCH3 is 1. The molecule has 2 aromatic heterocycles. The third-order valence-electron chi connectivity index (χ3n) is 6.08. The van der Waals surface area contributed by atoms with E-state index < -0.39 is 12.1 Å². The lowest BCUT2D eigenvalue weighted by Gasteiger charge is -2.37. The molecule has 1 aromatic carbocycles. The number of aliphatic carboxylic acids is 1. The minimum atomic E-state index is -5.08. The molecule has 3 aromatic rings. The number of hydrogen-bond donors (Lipinski definition) is 3. The molecule has 0 radical (unpaired) electrons. The maximum absolute atomic E-state index is 12.3. The van der Waals surface area contributed by atoms with E-state index in [-0.39, 0.29) is 30.7 Å². The normalized spacial score (nSPS) is 16.6. The Hall–Kier alpha value is -3.65. The molecule has 2 atom stereocenters. The molecule has 3 heterocycles. The van der Waals surface area contributed by atoms with E-state index >= 15 is 0 Å². The molecular weight excluding hydrogens is 545 g/mol. The summed E-state index contributed by atoms with van der Waals surface area (Å²) in [5.41, 5.74) is 3.90. The molecule has 2 unspecified atom stereocenters. The molecule has 0 spiro atoms. The van der Waals surface area contributed by atoms with E-state index in [4.69, 9.17) is 31.0 Å². The summed E-state index contributed by atoms with van der Waals surface area (Å²) in [6.45, 7) is 8.41. The van der Waals surface area contributed by atoms with Crippen molar-refractivity contribution in [1.82, 2.24) is 24.8 Å². The minimum Gasteiger partial charge on any atom is -0.496 e. The van der Waals surface area contributed by atoms with Crippen molar-refractivity contribution in [1.29, 1.82) is 0 Å². The molecule has 1 aliphatic rings. The summed E-state index contributed by atoms with van der Waals surface area (Å²) in [7, 11) is 1.63. The van der Waals surface area contributed by atoms with Crippen molar-refractivity contribution in [3.05, 3.63) is 40.4 Å². The third-order valence-corrected chi connectivity index (χ3v) is 6.47. The second-order valence-corrected chi connectivity index (χ2v) is 9.36. The number of ether oxygens (including phenoxy) is 2. The van der Waals surface area contributed by atoms with Gasteiger partial charge < -0.3 is 29.8 Å². The Kier molecular flexibility index (Phi) is 9.22. The topological polar surface area (TPSA) is 143 Å². The van der Waals surface area contributed by atoms with E-state index in [1.165, 1.54) is 6.33 Å². The summed E-state index contributed by atoms with van der Waals surface area (Å²) in [6.07, 6.45) is -2.37. The van der Waals surface area contributed by atoms with Gasteiger partial charge in [0.05, 0.1) is 26.0 Å². The summed E-state index contributed by atoms with van der Waals surface area (Å²) in [5.74, 6) is -1.46. The maximum Gasteiger partial charge on any atom is 0.490 e. The minimum absolute atomic E-state index is 0.0162. The Labute approximate surface area is 226 Å². The van der Waals surface area contributed by atoms with Crippen LogP contribution in [0.15, 0.2) is 18.7 Å². The summed E-state index contributed by atoms with van der Waals surface area (Å²) >= 11 is 6.66. The molecule has 11 nitrogen and oxygen atoms in total. The highest BCUT2D eigenvalue weighted by Gasteiger charge is 2.38. The number of amides is 1. The summed E-state index contributed by atoms with van der Waals surface area (Å²) in [5, 5.41) is 11.1. The summed E-state index contributed by atoms with van der Waals surface area (Å²) < 4.78 is 43.6. The number of rotatable bonds is 6. The van der Waals surface area contributed by atoms with Gasteiger partial charge in [-0.1, -0.05) is 11.6 Å². The number of carbonyl (C=O) groups excluding carboxylic acids is 1. The third kappa shape index (κ3) is 6.68. The Morgan fingerprint density at radius 2 is 1.97 bits per heavy atom.